The van der Waals surface area contributed by atoms with Crippen LogP contribution in [0.4, 0.5) is 10.5 Å². The first-order valence-electron chi connectivity index (χ1n) is 9.80. The van der Waals surface area contributed by atoms with Gasteiger partial charge < -0.3 is 15.1 Å². The highest BCUT2D eigenvalue weighted by molar-refractivity contribution is 5.92. The predicted molar refractivity (Wildman–Crippen MR) is 114 cm³/mol. The molecule has 0 atom stereocenters. The Labute approximate surface area is 167 Å². The van der Waals surface area contributed by atoms with Crippen molar-refractivity contribution in [2.24, 2.45) is 5.16 Å². The molecule has 1 fully saturated rings. The summed E-state index contributed by atoms with van der Waals surface area (Å²) in [6.07, 6.45) is 1.48. The molecule has 1 aliphatic heterocycles. The second-order valence-electron chi connectivity index (χ2n) is 8.16. The van der Waals surface area contributed by atoms with Crippen molar-refractivity contribution in [3.63, 3.8) is 0 Å². The predicted octanol–water partition coefficient (Wildman–Crippen LogP) is 5.18. The van der Waals surface area contributed by atoms with E-state index in [-0.39, 0.29) is 11.4 Å². The summed E-state index contributed by atoms with van der Waals surface area (Å²) in [5.41, 5.74) is 4.39. The molecule has 0 aromatic heterocycles. The molecule has 0 unspecified atom stereocenters. The van der Waals surface area contributed by atoms with E-state index >= 15 is 0 Å². The van der Waals surface area contributed by atoms with Gasteiger partial charge >= 0.3 is 6.03 Å². The molecular formula is C23H29N3O2. The Kier molecular flexibility index (Phi) is 6.34. The van der Waals surface area contributed by atoms with E-state index in [9.17, 15) is 4.79 Å². The fourth-order valence-electron chi connectivity index (χ4n) is 3.08. The first kappa shape index (κ1) is 19.9. The molecule has 1 saturated heterocycles. The quantitative estimate of drug-likeness (QED) is 0.744. The number of benzene rings is 2. The van der Waals surface area contributed by atoms with E-state index < -0.39 is 0 Å². The minimum Gasteiger partial charge on any atom is -0.391 e. The van der Waals surface area contributed by atoms with Gasteiger partial charge in [-0.2, -0.15) is 0 Å². The van der Waals surface area contributed by atoms with Crippen molar-refractivity contribution in [3.05, 3.63) is 65.7 Å². The molecule has 1 aliphatic rings. The summed E-state index contributed by atoms with van der Waals surface area (Å²) in [5, 5.41) is 7.21. The number of urea groups is 1. The molecule has 1 heterocycles. The van der Waals surface area contributed by atoms with Gasteiger partial charge in [-0.05, 0) is 28.7 Å². The van der Waals surface area contributed by atoms with E-state index in [0.29, 0.717) is 19.7 Å². The number of nitrogens with zero attached hydrogens (tertiary/aromatic N) is 2. The first-order valence-corrected chi connectivity index (χ1v) is 9.80. The molecule has 0 spiro atoms. The van der Waals surface area contributed by atoms with Gasteiger partial charge in [0.15, 0.2) is 0 Å². The largest absolute Gasteiger partial charge is 0.391 e. The van der Waals surface area contributed by atoms with E-state index in [2.05, 4.69) is 55.5 Å². The summed E-state index contributed by atoms with van der Waals surface area (Å²) >= 11 is 0. The molecule has 5 nitrogen and oxygen atoms in total. The highest BCUT2D eigenvalue weighted by Gasteiger charge is 2.20. The molecule has 0 aliphatic carbocycles. The number of para-hydroxylation sites is 1. The number of nitrogens with one attached hydrogen (secondary N) is 1. The second-order valence-corrected chi connectivity index (χ2v) is 8.16. The van der Waals surface area contributed by atoms with Crippen molar-refractivity contribution in [3.8, 4) is 0 Å². The second kappa shape index (κ2) is 8.91. The molecule has 3 rings (SSSR count). The molecule has 2 amide bonds. The number of carbonyl (C=O) groups is 1. The molecule has 2 aromatic carbocycles. The highest BCUT2D eigenvalue weighted by atomic mass is 16.6. The Balaban J connectivity index is 1.43. The van der Waals surface area contributed by atoms with Gasteiger partial charge in [-0.15, -0.1) is 0 Å². The van der Waals surface area contributed by atoms with Gasteiger partial charge in [0.25, 0.3) is 0 Å². The Hall–Kier alpha value is -2.82. The minimum atomic E-state index is -0.0647. The molecule has 148 valence electrons. The van der Waals surface area contributed by atoms with Crippen LogP contribution in [0.25, 0.3) is 0 Å². The maximum Gasteiger partial charge on any atom is 0.321 e. The van der Waals surface area contributed by atoms with Crippen LogP contribution in [-0.4, -0.2) is 29.7 Å². The van der Waals surface area contributed by atoms with Crippen LogP contribution in [-0.2, 0) is 16.9 Å². The van der Waals surface area contributed by atoms with Crippen molar-refractivity contribution in [2.75, 3.05) is 18.4 Å². The van der Waals surface area contributed by atoms with Crippen LogP contribution < -0.4 is 5.32 Å². The smallest absolute Gasteiger partial charge is 0.321 e. The highest BCUT2D eigenvalue weighted by Crippen LogP contribution is 2.22. The van der Waals surface area contributed by atoms with Gasteiger partial charge in [-0.1, -0.05) is 68.4 Å². The molecule has 5 heteroatoms. The monoisotopic (exact) mass is 379 g/mol. The fourth-order valence-corrected chi connectivity index (χ4v) is 3.08. The van der Waals surface area contributed by atoms with Crippen LogP contribution in [0.3, 0.4) is 0 Å². The number of carbonyl (C=O) groups excluding carboxylic acids is 1. The van der Waals surface area contributed by atoms with Gasteiger partial charge in [0.1, 0.15) is 6.61 Å². The summed E-state index contributed by atoms with van der Waals surface area (Å²) < 4.78 is 0. The number of hydrogen-bond donors (Lipinski definition) is 1. The van der Waals surface area contributed by atoms with Crippen LogP contribution in [0, 0.1) is 0 Å². The summed E-state index contributed by atoms with van der Waals surface area (Å²) in [5.74, 6) is 0. The zero-order valence-electron chi connectivity index (χ0n) is 16.9. The number of amides is 2. The van der Waals surface area contributed by atoms with Crippen molar-refractivity contribution >= 4 is 17.4 Å². The zero-order valence-corrected chi connectivity index (χ0v) is 16.9. The van der Waals surface area contributed by atoms with E-state index in [1.807, 2.05) is 35.2 Å². The zero-order chi connectivity index (χ0) is 20.0. The van der Waals surface area contributed by atoms with Gasteiger partial charge in [-0.3, -0.25) is 0 Å². The fraction of sp³-hybridized carbons (Fsp3) is 0.391. The van der Waals surface area contributed by atoms with Crippen LogP contribution in [0.15, 0.2) is 59.8 Å². The Morgan fingerprint density at radius 1 is 1.04 bits per heavy atom. The normalized spacial score (nSPS) is 14.5. The third-order valence-electron chi connectivity index (χ3n) is 4.90. The molecular weight excluding hydrogens is 350 g/mol. The van der Waals surface area contributed by atoms with Crippen LogP contribution >= 0.6 is 0 Å². The van der Waals surface area contributed by atoms with Crippen molar-refractivity contribution in [1.82, 2.24) is 4.90 Å². The molecule has 28 heavy (non-hydrogen) atoms. The first-order chi connectivity index (χ1) is 13.4. The topological polar surface area (TPSA) is 53.9 Å². The van der Waals surface area contributed by atoms with E-state index in [0.717, 1.165) is 29.8 Å². The molecule has 2 aromatic rings. The van der Waals surface area contributed by atoms with E-state index in [4.69, 9.17) is 4.84 Å². The Morgan fingerprint density at radius 3 is 2.29 bits per heavy atom. The molecule has 0 saturated carbocycles. The number of rotatable bonds is 4. The summed E-state index contributed by atoms with van der Waals surface area (Å²) in [6.45, 7) is 8.39. The SMILES string of the molecule is CC(C)(C)c1ccc(CON=C2CCN(C(=O)Nc3ccccc3)CC2)cc1. The molecule has 0 bridgehead atoms. The van der Waals surface area contributed by atoms with Crippen LogP contribution in [0.5, 0.6) is 0 Å². The van der Waals surface area contributed by atoms with Gasteiger partial charge in [0.05, 0.1) is 5.71 Å². The standard InChI is InChI=1S/C23H29N3O2/c1-23(2,3)19-11-9-18(10-12-19)17-28-25-21-13-15-26(16-14-21)22(27)24-20-7-5-4-6-8-20/h4-12H,13-17H2,1-3H3,(H,24,27). The Bertz CT molecular complexity index is 798. The minimum absolute atomic E-state index is 0.0647. The number of piperidine rings is 1. The number of anilines is 1. The average Bonchev–Trinajstić information content (AvgIpc) is 2.69. The van der Waals surface area contributed by atoms with Gasteiger partial charge in [0, 0.05) is 31.6 Å². The molecule has 1 N–H and O–H groups in total. The van der Waals surface area contributed by atoms with E-state index in [1.54, 1.807) is 0 Å². The van der Waals surface area contributed by atoms with Crippen LogP contribution in [0.2, 0.25) is 0 Å². The van der Waals surface area contributed by atoms with Gasteiger partial charge in [0.2, 0.25) is 0 Å². The summed E-state index contributed by atoms with van der Waals surface area (Å²) in [6, 6.07) is 17.9. The third-order valence-corrected chi connectivity index (χ3v) is 4.90. The summed E-state index contributed by atoms with van der Waals surface area (Å²) in [4.78, 5) is 19.7. The van der Waals surface area contributed by atoms with Gasteiger partial charge in [-0.25, -0.2) is 4.79 Å². The third kappa shape index (κ3) is 5.59. The maximum absolute atomic E-state index is 12.3. The Morgan fingerprint density at radius 2 is 1.68 bits per heavy atom. The molecule has 0 radical (unpaired) electrons. The maximum atomic E-state index is 12.3. The van der Waals surface area contributed by atoms with Crippen molar-refractivity contribution < 1.29 is 9.63 Å². The lowest BCUT2D eigenvalue weighted by atomic mass is 9.87. The summed E-state index contributed by atoms with van der Waals surface area (Å²) in [7, 11) is 0. The number of oxime groups is 1. The number of hydrogen-bond acceptors (Lipinski definition) is 3. The van der Waals surface area contributed by atoms with Crippen LogP contribution in [0.1, 0.15) is 44.7 Å². The lowest BCUT2D eigenvalue weighted by Crippen LogP contribution is -2.41. The lowest BCUT2D eigenvalue weighted by molar-refractivity contribution is 0.127. The van der Waals surface area contributed by atoms with Crippen molar-refractivity contribution in [2.45, 2.75) is 45.6 Å². The average molecular weight is 380 g/mol. The van der Waals surface area contributed by atoms with Crippen molar-refractivity contribution in [1.29, 1.82) is 0 Å². The number of likely N-dealkylation sites (tertiary alicyclic amines) is 1. The lowest BCUT2D eigenvalue weighted by Gasteiger charge is -2.27. The van der Waals surface area contributed by atoms with E-state index in [1.165, 1.54) is 5.56 Å².